The number of rotatable bonds is 1. The number of carbonyl (C=O) groups is 1. The van der Waals surface area contributed by atoms with Crippen molar-refractivity contribution in [1.29, 1.82) is 0 Å². The van der Waals surface area contributed by atoms with Gasteiger partial charge in [0.05, 0.1) is 0 Å². The fourth-order valence-electron chi connectivity index (χ4n) is 2.31. The first-order valence-corrected chi connectivity index (χ1v) is 4.96. The van der Waals surface area contributed by atoms with E-state index in [2.05, 4.69) is 17.1 Å². The van der Waals surface area contributed by atoms with Crippen molar-refractivity contribution >= 4 is 17.2 Å². The lowest BCUT2D eigenvalue weighted by Gasteiger charge is -1.99. The van der Waals surface area contributed by atoms with E-state index < -0.39 is 0 Å². The first kappa shape index (κ1) is 7.80. The van der Waals surface area contributed by atoms with Crippen LogP contribution in [0.4, 0.5) is 0 Å². The number of carbonyl (C=O) groups excluding carboxylic acids is 1. The van der Waals surface area contributed by atoms with E-state index in [1.54, 1.807) is 6.20 Å². The third-order valence-electron chi connectivity index (χ3n) is 3.05. The van der Waals surface area contributed by atoms with Gasteiger partial charge >= 0.3 is 0 Å². The summed E-state index contributed by atoms with van der Waals surface area (Å²) in [4.78, 5) is 13.9. The van der Waals surface area contributed by atoms with Gasteiger partial charge in [-0.3, -0.25) is 4.79 Å². The largest absolute Gasteiger partial charge is 0.360 e. The summed E-state index contributed by atoms with van der Waals surface area (Å²) in [6, 6.07) is 4.35. The summed E-state index contributed by atoms with van der Waals surface area (Å²) in [5.74, 6) is 0. The number of hydrogen-bond donors (Lipinski definition) is 1. The summed E-state index contributed by atoms with van der Waals surface area (Å²) < 4.78 is 0. The number of H-pyrrole nitrogens is 1. The predicted molar refractivity (Wildman–Crippen MR) is 55.7 cm³/mol. The highest BCUT2D eigenvalue weighted by Gasteiger charge is 2.13. The van der Waals surface area contributed by atoms with E-state index >= 15 is 0 Å². The quantitative estimate of drug-likeness (QED) is 0.680. The van der Waals surface area contributed by atoms with E-state index in [0.29, 0.717) is 0 Å². The molecule has 0 fully saturated rings. The highest BCUT2D eigenvalue weighted by atomic mass is 16.1. The van der Waals surface area contributed by atoms with Crippen molar-refractivity contribution in [3.63, 3.8) is 0 Å². The highest BCUT2D eigenvalue weighted by molar-refractivity contribution is 5.97. The SMILES string of the molecule is O=Cc1c[nH]c2cc3c(cc12)CCC3. The zero-order valence-electron chi connectivity index (χ0n) is 7.84. The molecule has 1 aliphatic rings. The maximum Gasteiger partial charge on any atom is 0.152 e. The second-order valence-corrected chi connectivity index (χ2v) is 3.88. The Hall–Kier alpha value is -1.57. The molecule has 14 heavy (non-hydrogen) atoms. The molecule has 1 aromatic heterocycles. The Bertz CT molecular complexity index is 510. The van der Waals surface area contributed by atoms with Crippen molar-refractivity contribution in [2.24, 2.45) is 0 Å². The molecule has 0 radical (unpaired) electrons. The van der Waals surface area contributed by atoms with Crippen LogP contribution in [-0.4, -0.2) is 11.3 Å². The van der Waals surface area contributed by atoms with Crippen molar-refractivity contribution in [3.8, 4) is 0 Å². The molecule has 0 saturated heterocycles. The van der Waals surface area contributed by atoms with Crippen LogP contribution in [-0.2, 0) is 12.8 Å². The van der Waals surface area contributed by atoms with Crippen LogP contribution in [0.2, 0.25) is 0 Å². The van der Waals surface area contributed by atoms with E-state index in [1.807, 2.05) is 0 Å². The molecule has 0 atom stereocenters. The van der Waals surface area contributed by atoms with Gasteiger partial charge in [-0.25, -0.2) is 0 Å². The van der Waals surface area contributed by atoms with Crippen molar-refractivity contribution in [2.45, 2.75) is 19.3 Å². The Balaban J connectivity index is 2.35. The van der Waals surface area contributed by atoms with Crippen LogP contribution in [0, 0.1) is 0 Å². The Morgan fingerprint density at radius 2 is 2.00 bits per heavy atom. The van der Waals surface area contributed by atoms with Crippen LogP contribution in [0.1, 0.15) is 27.9 Å². The normalized spacial score (nSPS) is 14.6. The molecule has 1 aliphatic carbocycles. The van der Waals surface area contributed by atoms with Gasteiger partial charge in [-0.2, -0.15) is 0 Å². The minimum atomic E-state index is 0.773. The predicted octanol–water partition coefficient (Wildman–Crippen LogP) is 2.47. The van der Waals surface area contributed by atoms with Gasteiger partial charge in [-0.15, -0.1) is 0 Å². The zero-order valence-corrected chi connectivity index (χ0v) is 7.84. The number of aryl methyl sites for hydroxylation is 2. The van der Waals surface area contributed by atoms with E-state index in [9.17, 15) is 4.79 Å². The van der Waals surface area contributed by atoms with Gasteiger partial charge in [0, 0.05) is 22.7 Å². The van der Waals surface area contributed by atoms with Crippen molar-refractivity contribution in [3.05, 3.63) is 35.0 Å². The van der Waals surface area contributed by atoms with E-state index in [4.69, 9.17) is 0 Å². The monoisotopic (exact) mass is 185 g/mol. The summed E-state index contributed by atoms with van der Waals surface area (Å²) in [7, 11) is 0. The summed E-state index contributed by atoms with van der Waals surface area (Å²) in [5, 5.41) is 1.07. The third kappa shape index (κ3) is 0.939. The van der Waals surface area contributed by atoms with Crippen molar-refractivity contribution < 1.29 is 4.79 Å². The third-order valence-corrected chi connectivity index (χ3v) is 3.05. The molecule has 0 bridgehead atoms. The molecule has 2 nitrogen and oxygen atoms in total. The highest BCUT2D eigenvalue weighted by Crippen LogP contribution is 2.28. The molecule has 0 amide bonds. The summed E-state index contributed by atoms with van der Waals surface area (Å²) in [6.07, 6.45) is 6.29. The summed E-state index contributed by atoms with van der Waals surface area (Å²) in [5.41, 5.74) is 4.72. The zero-order chi connectivity index (χ0) is 9.54. The standard InChI is InChI=1S/C12H11NO/c14-7-10-6-13-12-5-9-3-1-2-8(9)4-11(10)12/h4-7,13H,1-3H2. The first-order chi connectivity index (χ1) is 6.88. The fourth-order valence-corrected chi connectivity index (χ4v) is 2.31. The average molecular weight is 185 g/mol. The molecule has 0 aliphatic heterocycles. The fraction of sp³-hybridized carbons (Fsp3) is 0.250. The van der Waals surface area contributed by atoms with Gasteiger partial charge in [0.1, 0.15) is 0 Å². The number of benzene rings is 1. The first-order valence-electron chi connectivity index (χ1n) is 4.96. The topological polar surface area (TPSA) is 32.9 Å². The molecule has 70 valence electrons. The molecule has 0 spiro atoms. The lowest BCUT2D eigenvalue weighted by atomic mass is 10.1. The molecule has 2 heteroatoms. The van der Waals surface area contributed by atoms with Crippen LogP contribution >= 0.6 is 0 Å². The van der Waals surface area contributed by atoms with Gasteiger partial charge in [0.25, 0.3) is 0 Å². The van der Waals surface area contributed by atoms with Crippen LogP contribution in [0.25, 0.3) is 10.9 Å². The number of aromatic nitrogens is 1. The lowest BCUT2D eigenvalue weighted by Crippen LogP contribution is -1.83. The van der Waals surface area contributed by atoms with E-state index in [-0.39, 0.29) is 0 Å². The summed E-state index contributed by atoms with van der Waals surface area (Å²) in [6.45, 7) is 0. The Morgan fingerprint density at radius 1 is 1.21 bits per heavy atom. The van der Waals surface area contributed by atoms with Gasteiger partial charge in [0.2, 0.25) is 0 Å². The van der Waals surface area contributed by atoms with Crippen LogP contribution in [0.5, 0.6) is 0 Å². The smallest absolute Gasteiger partial charge is 0.152 e. The number of aromatic amines is 1. The minimum absolute atomic E-state index is 0.773. The summed E-state index contributed by atoms with van der Waals surface area (Å²) >= 11 is 0. The lowest BCUT2D eigenvalue weighted by molar-refractivity contribution is 0.112. The van der Waals surface area contributed by atoms with E-state index in [1.165, 1.54) is 24.0 Å². The molecule has 2 aromatic rings. The maximum absolute atomic E-state index is 10.8. The van der Waals surface area contributed by atoms with Gasteiger partial charge in [-0.1, -0.05) is 0 Å². The number of fused-ring (bicyclic) bond motifs is 2. The molecular formula is C12H11NO. The van der Waals surface area contributed by atoms with Crippen molar-refractivity contribution in [2.75, 3.05) is 0 Å². The van der Waals surface area contributed by atoms with Crippen molar-refractivity contribution in [1.82, 2.24) is 4.98 Å². The van der Waals surface area contributed by atoms with Gasteiger partial charge in [0.15, 0.2) is 6.29 Å². The number of nitrogens with one attached hydrogen (secondary N) is 1. The molecule has 1 aromatic carbocycles. The number of hydrogen-bond acceptors (Lipinski definition) is 1. The van der Waals surface area contributed by atoms with E-state index in [0.717, 1.165) is 29.2 Å². The molecular weight excluding hydrogens is 174 g/mol. The Morgan fingerprint density at radius 3 is 2.79 bits per heavy atom. The maximum atomic E-state index is 10.8. The van der Waals surface area contributed by atoms with Crippen LogP contribution in [0.3, 0.4) is 0 Å². The average Bonchev–Trinajstić information content (AvgIpc) is 2.78. The van der Waals surface area contributed by atoms with Crippen LogP contribution < -0.4 is 0 Å². The molecule has 1 heterocycles. The van der Waals surface area contributed by atoms with Crippen LogP contribution in [0.15, 0.2) is 18.3 Å². The second kappa shape index (κ2) is 2.71. The Labute approximate surface area is 81.9 Å². The number of aldehydes is 1. The molecule has 1 N–H and O–H groups in total. The van der Waals surface area contributed by atoms with Gasteiger partial charge in [-0.05, 0) is 42.5 Å². The second-order valence-electron chi connectivity index (χ2n) is 3.88. The molecule has 0 saturated carbocycles. The minimum Gasteiger partial charge on any atom is -0.360 e. The van der Waals surface area contributed by atoms with Gasteiger partial charge < -0.3 is 4.98 Å². The molecule has 0 unspecified atom stereocenters. The molecule has 3 rings (SSSR count). The Kier molecular flexibility index (Phi) is 1.51.